The molecule has 1 aromatic rings. The molecule has 1 aromatic carbocycles. The largest absolute Gasteiger partial charge is 0.388 e. The zero-order valence-electron chi connectivity index (χ0n) is 12.9. The van der Waals surface area contributed by atoms with Crippen molar-refractivity contribution in [2.45, 2.75) is 58.1 Å². The molecule has 2 heteroatoms. The Labute approximate surface area is 122 Å². The number of hydrogen-bond donors (Lipinski definition) is 2. The van der Waals surface area contributed by atoms with Gasteiger partial charge in [0.2, 0.25) is 0 Å². The molecule has 1 aliphatic carbocycles. The maximum Gasteiger partial charge on any atom is 0.0867 e. The Morgan fingerprint density at radius 3 is 2.70 bits per heavy atom. The second kappa shape index (κ2) is 4.85. The van der Waals surface area contributed by atoms with Crippen LogP contribution in [0.15, 0.2) is 24.3 Å². The van der Waals surface area contributed by atoms with Crippen molar-refractivity contribution in [2.24, 2.45) is 11.3 Å². The summed E-state index contributed by atoms with van der Waals surface area (Å²) in [5, 5.41) is 15.0. The van der Waals surface area contributed by atoms with Gasteiger partial charge in [0.25, 0.3) is 0 Å². The van der Waals surface area contributed by atoms with Crippen LogP contribution < -0.4 is 5.32 Å². The van der Waals surface area contributed by atoms with E-state index in [1.165, 1.54) is 11.1 Å². The van der Waals surface area contributed by atoms with Crippen LogP contribution in [-0.2, 0) is 6.42 Å². The summed E-state index contributed by atoms with van der Waals surface area (Å²) < 4.78 is 0. The lowest BCUT2D eigenvalue weighted by molar-refractivity contribution is -0.0989. The highest BCUT2D eigenvalue weighted by molar-refractivity contribution is 5.35. The van der Waals surface area contributed by atoms with Crippen molar-refractivity contribution in [1.29, 1.82) is 0 Å². The predicted octanol–water partition coefficient (Wildman–Crippen LogP) is 3.45. The van der Waals surface area contributed by atoms with Crippen molar-refractivity contribution in [3.63, 3.8) is 0 Å². The summed E-state index contributed by atoms with van der Waals surface area (Å²) in [6.45, 7) is 7.84. The fraction of sp³-hybridized carbons (Fsp3) is 0.667. The second-order valence-electron chi connectivity index (χ2n) is 7.60. The quantitative estimate of drug-likeness (QED) is 0.821. The van der Waals surface area contributed by atoms with Crippen molar-refractivity contribution in [3.8, 4) is 0 Å². The zero-order valence-corrected chi connectivity index (χ0v) is 12.9. The van der Waals surface area contributed by atoms with E-state index in [4.69, 9.17) is 0 Å². The van der Waals surface area contributed by atoms with Crippen LogP contribution in [0.5, 0.6) is 0 Å². The van der Waals surface area contributed by atoms with Crippen LogP contribution in [0.2, 0.25) is 0 Å². The van der Waals surface area contributed by atoms with Crippen LogP contribution in [0.25, 0.3) is 0 Å². The number of aliphatic hydroxyl groups is 1. The molecule has 0 radical (unpaired) electrons. The van der Waals surface area contributed by atoms with Crippen LogP contribution in [0, 0.1) is 11.3 Å². The Hall–Kier alpha value is -0.860. The van der Waals surface area contributed by atoms with E-state index < -0.39 is 5.60 Å². The Morgan fingerprint density at radius 2 is 1.95 bits per heavy atom. The molecule has 110 valence electrons. The number of rotatable bonds is 1. The Morgan fingerprint density at radius 1 is 1.20 bits per heavy atom. The summed E-state index contributed by atoms with van der Waals surface area (Å²) in [7, 11) is 0. The molecule has 3 rings (SSSR count). The van der Waals surface area contributed by atoms with E-state index >= 15 is 0 Å². The lowest BCUT2D eigenvalue weighted by Crippen LogP contribution is -2.54. The zero-order chi connectivity index (χ0) is 14.4. The lowest BCUT2D eigenvalue weighted by Gasteiger charge is -2.50. The van der Waals surface area contributed by atoms with E-state index in [0.29, 0.717) is 11.3 Å². The van der Waals surface area contributed by atoms with Gasteiger partial charge in [0.05, 0.1) is 11.6 Å². The van der Waals surface area contributed by atoms with E-state index in [9.17, 15) is 5.11 Å². The minimum absolute atomic E-state index is 0.0959. The maximum atomic E-state index is 11.4. The molecule has 2 nitrogen and oxygen atoms in total. The lowest BCUT2D eigenvalue weighted by atomic mass is 9.61. The van der Waals surface area contributed by atoms with Gasteiger partial charge in [0.1, 0.15) is 0 Å². The fourth-order valence-corrected chi connectivity index (χ4v) is 4.27. The molecule has 2 N–H and O–H groups in total. The minimum atomic E-state index is -0.605. The molecule has 0 amide bonds. The number of nitrogens with one attached hydrogen (secondary N) is 1. The molecule has 3 unspecified atom stereocenters. The monoisotopic (exact) mass is 273 g/mol. The molecular weight excluding hydrogens is 246 g/mol. The molecule has 20 heavy (non-hydrogen) atoms. The first-order valence-electron chi connectivity index (χ1n) is 7.96. The van der Waals surface area contributed by atoms with Crippen LogP contribution in [-0.4, -0.2) is 17.3 Å². The van der Waals surface area contributed by atoms with Gasteiger partial charge < -0.3 is 10.4 Å². The van der Waals surface area contributed by atoms with Gasteiger partial charge in [-0.3, -0.25) is 0 Å². The molecule has 1 heterocycles. The van der Waals surface area contributed by atoms with Crippen LogP contribution in [0.3, 0.4) is 0 Å². The average Bonchev–Trinajstić information content (AvgIpc) is 2.42. The summed E-state index contributed by atoms with van der Waals surface area (Å²) in [5.41, 5.74) is 2.47. The van der Waals surface area contributed by atoms with Crippen LogP contribution in [0.1, 0.15) is 57.2 Å². The van der Waals surface area contributed by atoms with Gasteiger partial charge in [-0.15, -0.1) is 0 Å². The first-order valence-corrected chi connectivity index (χ1v) is 7.96. The Bertz CT molecular complexity index is 496. The topological polar surface area (TPSA) is 32.3 Å². The molecule has 0 aromatic heterocycles. The van der Waals surface area contributed by atoms with E-state index in [2.05, 4.69) is 50.4 Å². The number of hydrogen-bond acceptors (Lipinski definition) is 2. The molecule has 1 fully saturated rings. The van der Waals surface area contributed by atoms with Crippen molar-refractivity contribution in [2.75, 3.05) is 6.54 Å². The molecule has 1 aliphatic heterocycles. The first kappa shape index (κ1) is 14.1. The summed E-state index contributed by atoms with van der Waals surface area (Å²) in [6.07, 6.45) is 4.17. The third-order valence-corrected chi connectivity index (χ3v) is 5.52. The summed E-state index contributed by atoms with van der Waals surface area (Å²) >= 11 is 0. The molecule has 0 spiro atoms. The predicted molar refractivity (Wildman–Crippen MR) is 82.6 cm³/mol. The fourth-order valence-electron chi connectivity index (χ4n) is 4.27. The van der Waals surface area contributed by atoms with Gasteiger partial charge in [-0.1, -0.05) is 45.0 Å². The van der Waals surface area contributed by atoms with Crippen molar-refractivity contribution in [3.05, 3.63) is 35.4 Å². The summed E-state index contributed by atoms with van der Waals surface area (Å²) in [5.74, 6) is 0.329. The maximum absolute atomic E-state index is 11.4. The molecule has 0 saturated heterocycles. The van der Waals surface area contributed by atoms with Gasteiger partial charge >= 0.3 is 0 Å². The summed E-state index contributed by atoms with van der Waals surface area (Å²) in [6, 6.07) is 8.71. The third kappa shape index (κ3) is 2.29. The molecule has 2 aliphatic rings. The van der Waals surface area contributed by atoms with E-state index in [1.807, 2.05) is 0 Å². The van der Waals surface area contributed by atoms with Gasteiger partial charge in [-0.05, 0) is 54.7 Å². The highest BCUT2D eigenvalue weighted by atomic mass is 16.3. The molecule has 3 atom stereocenters. The average molecular weight is 273 g/mol. The first-order chi connectivity index (χ1) is 9.42. The second-order valence-corrected chi connectivity index (χ2v) is 7.60. The normalized spacial score (nSPS) is 36.4. The van der Waals surface area contributed by atoms with E-state index in [1.54, 1.807) is 0 Å². The third-order valence-electron chi connectivity index (χ3n) is 5.52. The van der Waals surface area contributed by atoms with Crippen molar-refractivity contribution in [1.82, 2.24) is 5.32 Å². The van der Waals surface area contributed by atoms with Crippen molar-refractivity contribution < 1.29 is 5.11 Å². The van der Waals surface area contributed by atoms with Gasteiger partial charge in [-0.25, -0.2) is 0 Å². The Kier molecular flexibility index (Phi) is 3.42. The summed E-state index contributed by atoms with van der Waals surface area (Å²) in [4.78, 5) is 0. The SMILES string of the molecule is CC1CC(C)(C)CCC1(O)C1NCCc2ccccc21. The Balaban J connectivity index is 1.93. The van der Waals surface area contributed by atoms with Crippen molar-refractivity contribution >= 4 is 0 Å². The van der Waals surface area contributed by atoms with Gasteiger partial charge in [0, 0.05) is 0 Å². The standard InChI is InChI=1S/C18H27NO/c1-13-12-17(2,3)9-10-18(13,20)16-15-7-5-4-6-14(15)8-11-19-16/h4-7,13,16,19-20H,8-12H2,1-3H3. The van der Waals surface area contributed by atoms with Crippen LogP contribution >= 0.6 is 0 Å². The highest BCUT2D eigenvalue weighted by Crippen LogP contribution is 2.49. The number of fused-ring (bicyclic) bond motifs is 1. The molecule has 1 saturated carbocycles. The molecule has 0 bridgehead atoms. The van der Waals surface area contributed by atoms with E-state index in [-0.39, 0.29) is 6.04 Å². The van der Waals surface area contributed by atoms with Gasteiger partial charge in [-0.2, -0.15) is 0 Å². The molecular formula is C18H27NO. The van der Waals surface area contributed by atoms with Crippen LogP contribution in [0.4, 0.5) is 0 Å². The smallest absolute Gasteiger partial charge is 0.0867 e. The van der Waals surface area contributed by atoms with Gasteiger partial charge in [0.15, 0.2) is 0 Å². The minimum Gasteiger partial charge on any atom is -0.388 e. The van der Waals surface area contributed by atoms with E-state index in [0.717, 1.165) is 32.2 Å². The number of benzene rings is 1. The highest BCUT2D eigenvalue weighted by Gasteiger charge is 2.48.